The molecule has 2 aromatic rings. The summed E-state index contributed by atoms with van der Waals surface area (Å²) in [5, 5.41) is 0. The van der Waals surface area contributed by atoms with Gasteiger partial charge < -0.3 is 9.05 Å². The molecule has 0 spiro atoms. The van der Waals surface area contributed by atoms with Crippen LogP contribution in [0.1, 0.15) is 39.5 Å². The van der Waals surface area contributed by atoms with Gasteiger partial charge in [0.1, 0.15) is 5.75 Å². The van der Waals surface area contributed by atoms with Gasteiger partial charge >= 0.3 is 14.2 Å². The van der Waals surface area contributed by atoms with E-state index < -0.39 is 14.2 Å². The number of hydrogen-bond donors (Lipinski definition) is 0. The van der Waals surface area contributed by atoms with Gasteiger partial charge in [-0.15, -0.1) is 0 Å². The quantitative estimate of drug-likeness (QED) is 0.738. The SMILES string of the molecule is CCc1ccccc1O[PH](=O)OC(=O)c1c(C)cc(C)cc1C. The molecule has 0 N–H and O–H groups in total. The lowest BCUT2D eigenvalue weighted by molar-refractivity contribution is 0.0731. The molecule has 0 saturated heterocycles. The van der Waals surface area contributed by atoms with Crippen molar-refractivity contribution in [2.75, 3.05) is 0 Å². The van der Waals surface area contributed by atoms with Crippen LogP contribution in [0.4, 0.5) is 0 Å². The van der Waals surface area contributed by atoms with Crippen LogP contribution in [0, 0.1) is 20.8 Å². The Balaban J connectivity index is 2.13. The van der Waals surface area contributed by atoms with Crippen molar-refractivity contribution in [2.45, 2.75) is 34.1 Å². The third-order valence-electron chi connectivity index (χ3n) is 3.60. The minimum absolute atomic E-state index is 0.446. The standard InChI is InChI=1S/C18H21O4P/c1-5-15-8-6-7-9-16(15)21-23(20)22-18(19)17-13(3)10-12(2)11-14(17)4/h6-11,23H,5H2,1-4H3. The topological polar surface area (TPSA) is 52.6 Å². The molecule has 5 heteroatoms. The summed E-state index contributed by atoms with van der Waals surface area (Å²) in [4.78, 5) is 12.3. The molecule has 4 nitrogen and oxygen atoms in total. The Morgan fingerprint density at radius 2 is 1.70 bits per heavy atom. The summed E-state index contributed by atoms with van der Waals surface area (Å²) in [5.41, 5.74) is 4.04. The van der Waals surface area contributed by atoms with E-state index in [9.17, 15) is 9.36 Å². The Morgan fingerprint density at radius 1 is 1.09 bits per heavy atom. The molecule has 2 rings (SSSR count). The van der Waals surface area contributed by atoms with Gasteiger partial charge in [-0.25, -0.2) is 9.36 Å². The van der Waals surface area contributed by atoms with Crippen molar-refractivity contribution >= 4 is 14.2 Å². The van der Waals surface area contributed by atoms with Gasteiger partial charge in [-0.2, -0.15) is 0 Å². The molecule has 2 aromatic carbocycles. The highest BCUT2D eigenvalue weighted by Gasteiger charge is 2.18. The van der Waals surface area contributed by atoms with Crippen LogP contribution < -0.4 is 4.52 Å². The average Bonchev–Trinajstić information content (AvgIpc) is 2.46. The fourth-order valence-corrected chi connectivity index (χ4v) is 3.31. The van der Waals surface area contributed by atoms with Crippen LogP contribution >= 0.6 is 8.25 Å². The Hall–Kier alpha value is -2.06. The van der Waals surface area contributed by atoms with E-state index >= 15 is 0 Å². The monoisotopic (exact) mass is 332 g/mol. The third-order valence-corrected chi connectivity index (χ3v) is 4.34. The van der Waals surface area contributed by atoms with E-state index in [-0.39, 0.29) is 0 Å². The smallest absolute Gasteiger partial charge is 0.418 e. The lowest BCUT2D eigenvalue weighted by Gasteiger charge is -2.12. The summed E-state index contributed by atoms with van der Waals surface area (Å²) in [6.45, 7) is 7.61. The molecule has 0 radical (unpaired) electrons. The normalized spacial score (nSPS) is 11.8. The second-order valence-electron chi connectivity index (χ2n) is 5.48. The summed E-state index contributed by atoms with van der Waals surface area (Å²) in [7, 11) is -2.96. The van der Waals surface area contributed by atoms with Crippen LogP contribution in [0.25, 0.3) is 0 Å². The Labute approximate surface area is 137 Å². The van der Waals surface area contributed by atoms with Crippen LogP contribution in [-0.4, -0.2) is 5.97 Å². The van der Waals surface area contributed by atoms with Crippen molar-refractivity contribution < 1.29 is 18.4 Å². The average molecular weight is 332 g/mol. The Kier molecular flexibility index (Phi) is 5.62. The molecule has 0 fully saturated rings. The van der Waals surface area contributed by atoms with Crippen LogP contribution in [0.15, 0.2) is 36.4 Å². The highest BCUT2D eigenvalue weighted by atomic mass is 31.1. The van der Waals surface area contributed by atoms with Crippen LogP contribution in [0.5, 0.6) is 5.75 Å². The highest BCUT2D eigenvalue weighted by Crippen LogP contribution is 2.32. The Morgan fingerprint density at radius 3 is 2.30 bits per heavy atom. The predicted molar refractivity (Wildman–Crippen MR) is 91.5 cm³/mol. The molecule has 0 amide bonds. The molecule has 122 valence electrons. The van der Waals surface area contributed by atoms with Crippen molar-refractivity contribution in [1.29, 1.82) is 0 Å². The number of rotatable bonds is 5. The molecular weight excluding hydrogens is 311 g/mol. The summed E-state index contributed by atoms with van der Waals surface area (Å²) in [5.74, 6) is -0.123. The van der Waals surface area contributed by atoms with Crippen molar-refractivity contribution in [3.8, 4) is 5.75 Å². The van der Waals surface area contributed by atoms with E-state index in [1.54, 1.807) is 12.1 Å². The maximum absolute atomic E-state index is 12.3. The first-order chi connectivity index (χ1) is 10.9. The van der Waals surface area contributed by atoms with E-state index in [2.05, 4.69) is 0 Å². The van der Waals surface area contributed by atoms with E-state index in [1.807, 2.05) is 52.0 Å². The molecule has 0 heterocycles. The molecule has 1 atom stereocenters. The molecule has 0 aliphatic heterocycles. The molecule has 0 aromatic heterocycles. The maximum atomic E-state index is 12.3. The maximum Gasteiger partial charge on any atom is 0.421 e. The second-order valence-corrected chi connectivity index (χ2v) is 6.38. The summed E-state index contributed by atoms with van der Waals surface area (Å²) >= 11 is 0. The summed E-state index contributed by atoms with van der Waals surface area (Å²) < 4.78 is 22.4. The minimum Gasteiger partial charge on any atom is -0.418 e. The first-order valence-corrected chi connectivity index (χ1v) is 8.74. The van der Waals surface area contributed by atoms with Crippen LogP contribution in [0.3, 0.4) is 0 Å². The lowest BCUT2D eigenvalue weighted by Crippen LogP contribution is -2.07. The van der Waals surface area contributed by atoms with Crippen LogP contribution in [0.2, 0.25) is 0 Å². The minimum atomic E-state index is -2.96. The zero-order valence-corrected chi connectivity index (χ0v) is 14.8. The molecule has 23 heavy (non-hydrogen) atoms. The molecule has 0 saturated carbocycles. The van der Waals surface area contributed by atoms with E-state index in [4.69, 9.17) is 9.05 Å². The lowest BCUT2D eigenvalue weighted by atomic mass is 10.0. The molecular formula is C18H21O4P. The van der Waals surface area contributed by atoms with Gasteiger partial charge in [0, 0.05) is 0 Å². The third kappa shape index (κ3) is 4.23. The Bertz CT molecular complexity index is 729. The van der Waals surface area contributed by atoms with Gasteiger partial charge in [0.2, 0.25) is 0 Å². The second kappa shape index (κ2) is 7.47. The number of carbonyl (C=O) groups is 1. The zero-order chi connectivity index (χ0) is 17.0. The fourth-order valence-electron chi connectivity index (χ4n) is 2.63. The van der Waals surface area contributed by atoms with E-state index in [0.717, 1.165) is 28.7 Å². The highest BCUT2D eigenvalue weighted by molar-refractivity contribution is 7.34. The van der Waals surface area contributed by atoms with Gasteiger partial charge in [-0.05, 0) is 49.9 Å². The number of carbonyl (C=O) groups excluding carboxylic acids is 1. The summed E-state index contributed by atoms with van der Waals surface area (Å²) in [6, 6.07) is 11.1. The van der Waals surface area contributed by atoms with Crippen molar-refractivity contribution in [3.63, 3.8) is 0 Å². The molecule has 0 aliphatic rings. The predicted octanol–water partition coefficient (Wildman–Crippen LogP) is 4.80. The number of para-hydroxylation sites is 1. The van der Waals surface area contributed by atoms with E-state index in [1.165, 1.54) is 0 Å². The first-order valence-electron chi connectivity index (χ1n) is 7.52. The van der Waals surface area contributed by atoms with Gasteiger partial charge in [-0.3, -0.25) is 0 Å². The number of hydrogen-bond acceptors (Lipinski definition) is 4. The van der Waals surface area contributed by atoms with E-state index in [0.29, 0.717) is 11.3 Å². The van der Waals surface area contributed by atoms with Crippen molar-refractivity contribution in [3.05, 3.63) is 64.2 Å². The van der Waals surface area contributed by atoms with Crippen molar-refractivity contribution in [1.82, 2.24) is 0 Å². The van der Waals surface area contributed by atoms with Gasteiger partial charge in [0.25, 0.3) is 0 Å². The molecule has 1 unspecified atom stereocenters. The fraction of sp³-hybridized carbons (Fsp3) is 0.278. The zero-order valence-electron chi connectivity index (χ0n) is 13.8. The van der Waals surface area contributed by atoms with Gasteiger partial charge in [0.05, 0.1) is 5.56 Å². The first kappa shape index (κ1) is 17.3. The largest absolute Gasteiger partial charge is 0.421 e. The van der Waals surface area contributed by atoms with Crippen LogP contribution in [-0.2, 0) is 15.5 Å². The molecule has 0 bridgehead atoms. The van der Waals surface area contributed by atoms with Gasteiger partial charge in [0.15, 0.2) is 0 Å². The molecule has 0 aliphatic carbocycles. The number of aryl methyl sites for hydroxylation is 4. The number of benzene rings is 2. The summed E-state index contributed by atoms with van der Waals surface area (Å²) in [6.07, 6.45) is 0.745. The van der Waals surface area contributed by atoms with Gasteiger partial charge in [-0.1, -0.05) is 42.8 Å². The van der Waals surface area contributed by atoms with Crippen molar-refractivity contribution in [2.24, 2.45) is 0 Å².